The van der Waals surface area contributed by atoms with Crippen molar-refractivity contribution in [2.45, 2.75) is 6.92 Å². The molecule has 0 bridgehead atoms. The molecule has 0 saturated heterocycles. The van der Waals surface area contributed by atoms with Crippen LogP contribution in [0.1, 0.15) is 12.5 Å². The average molecular weight is 363 g/mol. The van der Waals surface area contributed by atoms with E-state index < -0.39 is 5.97 Å². The van der Waals surface area contributed by atoms with Crippen molar-refractivity contribution in [2.24, 2.45) is 0 Å². The van der Waals surface area contributed by atoms with Gasteiger partial charge in [-0.15, -0.1) is 0 Å². The Morgan fingerprint density at radius 3 is 2.23 bits per heavy atom. The van der Waals surface area contributed by atoms with Crippen molar-refractivity contribution in [3.63, 3.8) is 0 Å². The predicted molar refractivity (Wildman–Crippen MR) is 46.2 cm³/mol. The summed E-state index contributed by atoms with van der Waals surface area (Å²) in [6.07, 6.45) is 2.17. The standard InChI is InChI=1S/C8H7.C2H4O2.Hg/c1-2-8-6-4-3-5-7-8;1-2(3)4;/h1-7H;1H3,(H,3,4);/q;;+1/p-1. The van der Waals surface area contributed by atoms with Crippen molar-refractivity contribution in [3.8, 4) is 0 Å². The Hall–Kier alpha value is -0.635. The molecule has 0 aliphatic carbocycles. The predicted octanol–water partition coefficient (Wildman–Crippen LogP) is 0.960. The summed E-state index contributed by atoms with van der Waals surface area (Å²) in [5.41, 5.74) is 1.31. The average Bonchev–Trinajstić information content (AvgIpc) is 2.06. The van der Waals surface area contributed by atoms with Crippen LogP contribution in [0.2, 0.25) is 0 Å². The van der Waals surface area contributed by atoms with Gasteiger partial charge in [0.2, 0.25) is 0 Å². The summed E-state index contributed by atoms with van der Waals surface area (Å²) in [5.74, 6) is -1.08. The molecule has 0 radical (unpaired) electrons. The molecule has 1 rings (SSSR count). The molecule has 0 spiro atoms. The molecule has 13 heavy (non-hydrogen) atoms. The molecule has 0 atom stereocenters. The van der Waals surface area contributed by atoms with Gasteiger partial charge in [0.15, 0.2) is 0 Å². The number of carboxylic acids is 1. The van der Waals surface area contributed by atoms with Gasteiger partial charge in [-0.25, -0.2) is 0 Å². The Kier molecular flexibility index (Phi) is 7.60. The zero-order valence-corrected chi connectivity index (χ0v) is 13.1. The van der Waals surface area contributed by atoms with Gasteiger partial charge in [-0.3, -0.25) is 0 Å². The third-order valence-electron chi connectivity index (χ3n) is 1.11. The summed E-state index contributed by atoms with van der Waals surface area (Å²) in [5, 5.41) is 8.89. The fourth-order valence-corrected chi connectivity index (χ4v) is 1.76. The van der Waals surface area contributed by atoms with Crippen LogP contribution in [-0.2, 0) is 30.9 Å². The quantitative estimate of drug-likeness (QED) is 0.698. The maximum absolute atomic E-state index is 8.89. The summed E-state index contributed by atoms with van der Waals surface area (Å²) in [6.45, 7) is 0.972. The molecule has 0 N–H and O–H groups in total. The minimum atomic E-state index is -1.08. The third kappa shape index (κ3) is 9.28. The van der Waals surface area contributed by atoms with Crippen LogP contribution in [0.15, 0.2) is 33.9 Å². The Morgan fingerprint density at radius 2 is 1.85 bits per heavy atom. The van der Waals surface area contributed by atoms with Gasteiger partial charge in [-0.1, -0.05) is 0 Å². The van der Waals surface area contributed by atoms with E-state index in [0.29, 0.717) is 0 Å². The molecular formula is C10H10HgO2. The molecule has 0 aliphatic heterocycles. The molecule has 0 heterocycles. The SMILES string of the molecule is CC(=O)[O-].[Hg+]/[CH]=C/c1ccccc1. The zero-order valence-electron chi connectivity index (χ0n) is 7.57. The van der Waals surface area contributed by atoms with Crippen LogP contribution in [0.3, 0.4) is 0 Å². The number of carbonyl (C=O) groups excluding carboxylic acids is 1. The van der Waals surface area contributed by atoms with Gasteiger partial charge < -0.3 is 9.90 Å². The fourth-order valence-electron chi connectivity index (χ4n) is 0.700. The van der Waals surface area contributed by atoms with E-state index in [0.717, 1.165) is 33.0 Å². The minimum absolute atomic E-state index is 0.792. The maximum atomic E-state index is 8.89. The van der Waals surface area contributed by atoms with E-state index in [1.807, 2.05) is 6.07 Å². The summed E-state index contributed by atoms with van der Waals surface area (Å²) in [7, 11) is 0. The number of carboxylic acid groups (broad SMARTS) is 1. The number of hydrogen-bond acceptors (Lipinski definition) is 2. The zero-order chi connectivity index (χ0) is 10.1. The van der Waals surface area contributed by atoms with Crippen molar-refractivity contribution in [1.29, 1.82) is 0 Å². The van der Waals surface area contributed by atoms with Crippen molar-refractivity contribution in [2.75, 3.05) is 0 Å². The van der Waals surface area contributed by atoms with Crippen LogP contribution in [0, 0.1) is 0 Å². The topological polar surface area (TPSA) is 40.1 Å². The molecule has 0 amide bonds. The van der Waals surface area contributed by atoms with E-state index in [2.05, 4.69) is 33.9 Å². The second-order valence-electron chi connectivity index (χ2n) is 2.30. The first kappa shape index (κ1) is 12.4. The monoisotopic (exact) mass is 364 g/mol. The van der Waals surface area contributed by atoms with Crippen molar-refractivity contribution < 1.29 is 36.0 Å². The molecule has 2 nitrogen and oxygen atoms in total. The Bertz CT molecular complexity index is 264. The van der Waals surface area contributed by atoms with E-state index in [9.17, 15) is 0 Å². The van der Waals surface area contributed by atoms with Crippen molar-refractivity contribution in [3.05, 3.63) is 39.5 Å². The molecule has 3 heteroatoms. The Morgan fingerprint density at radius 1 is 1.38 bits per heavy atom. The van der Waals surface area contributed by atoms with Crippen LogP contribution >= 0.6 is 0 Å². The molecule has 0 unspecified atom stereocenters. The third-order valence-corrected chi connectivity index (χ3v) is 2.03. The van der Waals surface area contributed by atoms with Gasteiger partial charge >= 0.3 is 71.7 Å². The van der Waals surface area contributed by atoms with E-state index in [-0.39, 0.29) is 0 Å². The van der Waals surface area contributed by atoms with Gasteiger partial charge in [-0.2, -0.15) is 0 Å². The number of aliphatic carboxylic acids is 1. The van der Waals surface area contributed by atoms with Gasteiger partial charge in [0.25, 0.3) is 0 Å². The molecule has 0 aliphatic rings. The fraction of sp³-hybridized carbons (Fsp3) is 0.100. The van der Waals surface area contributed by atoms with E-state index in [1.54, 1.807) is 0 Å². The van der Waals surface area contributed by atoms with Gasteiger partial charge in [0.1, 0.15) is 0 Å². The molecular weight excluding hydrogens is 353 g/mol. The summed E-state index contributed by atoms with van der Waals surface area (Å²) in [6, 6.07) is 10.4. The number of rotatable bonds is 1. The number of carbonyl (C=O) groups is 1. The van der Waals surface area contributed by atoms with Gasteiger partial charge in [0, 0.05) is 5.97 Å². The van der Waals surface area contributed by atoms with Crippen molar-refractivity contribution >= 4 is 12.0 Å². The van der Waals surface area contributed by atoms with Crippen molar-refractivity contribution in [1.82, 2.24) is 0 Å². The second-order valence-corrected chi connectivity index (χ2v) is 4.14. The summed E-state index contributed by atoms with van der Waals surface area (Å²) in [4.78, 5) is 8.89. The molecule has 64 valence electrons. The summed E-state index contributed by atoms with van der Waals surface area (Å²) < 4.78 is 2.23. The van der Waals surface area contributed by atoms with Crippen LogP contribution in [0.25, 0.3) is 6.08 Å². The van der Waals surface area contributed by atoms with Crippen LogP contribution in [0.5, 0.6) is 0 Å². The molecule has 1 aromatic carbocycles. The molecule has 1 aromatic rings. The molecule has 0 aromatic heterocycles. The second kappa shape index (κ2) is 7.99. The van der Waals surface area contributed by atoms with Gasteiger partial charge in [-0.05, 0) is 6.92 Å². The number of hydrogen-bond donors (Lipinski definition) is 0. The number of benzene rings is 1. The van der Waals surface area contributed by atoms with E-state index in [1.165, 1.54) is 5.56 Å². The van der Waals surface area contributed by atoms with Crippen LogP contribution in [0.4, 0.5) is 0 Å². The first-order chi connectivity index (χ1) is 6.16. The first-order valence-corrected chi connectivity index (χ1v) is 7.02. The van der Waals surface area contributed by atoms with Crippen LogP contribution in [-0.4, -0.2) is 5.97 Å². The molecule has 0 saturated carbocycles. The Labute approximate surface area is 94.3 Å². The normalized spacial score (nSPS) is 9.15. The van der Waals surface area contributed by atoms with E-state index in [4.69, 9.17) is 9.90 Å². The Balaban J connectivity index is 0.000000310. The molecule has 0 fully saturated rings. The summed E-state index contributed by atoms with van der Waals surface area (Å²) >= 11 is 0.792. The first-order valence-electron chi connectivity index (χ1n) is 3.85. The van der Waals surface area contributed by atoms with Gasteiger partial charge in [0.05, 0.1) is 0 Å². The van der Waals surface area contributed by atoms with E-state index >= 15 is 0 Å². The van der Waals surface area contributed by atoms with Crippen LogP contribution < -0.4 is 5.11 Å².